The molecule has 1 aromatic heterocycles. The van der Waals surface area contributed by atoms with Gasteiger partial charge < -0.3 is 11.1 Å². The van der Waals surface area contributed by atoms with Crippen LogP contribution in [-0.4, -0.2) is 22.4 Å². The summed E-state index contributed by atoms with van der Waals surface area (Å²) in [6, 6.07) is 0.235. The number of nitrogens with zero attached hydrogens (tertiary/aromatic N) is 2. The van der Waals surface area contributed by atoms with Crippen LogP contribution in [0, 0.1) is 11.8 Å². The lowest BCUT2D eigenvalue weighted by Crippen LogP contribution is -2.33. The molecular weight excluding hydrogens is 308 g/mol. The molecule has 1 aromatic rings. The highest BCUT2D eigenvalue weighted by molar-refractivity contribution is 9.10. The Bertz CT molecular complexity index is 496. The van der Waals surface area contributed by atoms with E-state index in [1.54, 1.807) is 6.20 Å². The summed E-state index contributed by atoms with van der Waals surface area (Å²) in [6.07, 6.45) is 4.13. The maximum atomic E-state index is 12.2. The van der Waals surface area contributed by atoms with Gasteiger partial charge in [-0.3, -0.25) is 4.79 Å². The van der Waals surface area contributed by atoms with Gasteiger partial charge in [0.25, 0.3) is 5.56 Å². The van der Waals surface area contributed by atoms with E-state index in [2.05, 4.69) is 40.2 Å². The van der Waals surface area contributed by atoms with Crippen molar-refractivity contribution in [3.8, 4) is 0 Å². The van der Waals surface area contributed by atoms with E-state index in [4.69, 9.17) is 5.73 Å². The Hall–Kier alpha value is -0.880. The van der Waals surface area contributed by atoms with Crippen molar-refractivity contribution in [2.75, 3.05) is 11.9 Å². The molecule has 1 fully saturated rings. The quantitative estimate of drug-likeness (QED) is 0.835. The van der Waals surface area contributed by atoms with Crippen LogP contribution in [0.2, 0.25) is 0 Å². The minimum atomic E-state index is -0.0923. The zero-order valence-corrected chi connectivity index (χ0v) is 13.0. The standard InChI is InChI=1S/C13H21BrN4O/c1-8(2)7-18-13(19)12(14)11(6-16-18)17-10(5-15)9-3-4-9/h6,8-10,17H,3-5,7,15H2,1-2H3. The third-order valence-corrected chi connectivity index (χ3v) is 4.08. The molecule has 1 unspecified atom stereocenters. The van der Waals surface area contributed by atoms with Crippen LogP contribution < -0.4 is 16.6 Å². The van der Waals surface area contributed by atoms with Crippen molar-refractivity contribution in [3.63, 3.8) is 0 Å². The number of hydrogen-bond donors (Lipinski definition) is 2. The highest BCUT2D eigenvalue weighted by Crippen LogP contribution is 2.34. The average Bonchev–Trinajstić information content (AvgIpc) is 3.18. The van der Waals surface area contributed by atoms with Crippen LogP contribution in [0.3, 0.4) is 0 Å². The van der Waals surface area contributed by atoms with Crippen molar-refractivity contribution in [1.29, 1.82) is 0 Å². The van der Waals surface area contributed by atoms with Crippen molar-refractivity contribution in [3.05, 3.63) is 21.0 Å². The summed E-state index contributed by atoms with van der Waals surface area (Å²) in [7, 11) is 0. The number of rotatable bonds is 6. The first kappa shape index (κ1) is 14.5. The second kappa shape index (κ2) is 6.05. The van der Waals surface area contributed by atoms with E-state index in [0.29, 0.717) is 29.4 Å². The molecule has 0 spiro atoms. The first-order chi connectivity index (χ1) is 9.02. The predicted octanol–water partition coefficient (Wildman–Crippen LogP) is 1.81. The molecule has 0 radical (unpaired) electrons. The largest absolute Gasteiger partial charge is 0.378 e. The Morgan fingerprint density at radius 1 is 1.58 bits per heavy atom. The summed E-state index contributed by atoms with van der Waals surface area (Å²) in [5.74, 6) is 1.02. The summed E-state index contributed by atoms with van der Waals surface area (Å²) in [5.41, 5.74) is 6.41. The SMILES string of the molecule is CC(C)Cn1ncc(NC(CN)C2CC2)c(Br)c1=O. The van der Waals surface area contributed by atoms with Crippen molar-refractivity contribution in [1.82, 2.24) is 9.78 Å². The molecule has 3 N–H and O–H groups in total. The molecule has 0 aromatic carbocycles. The summed E-state index contributed by atoms with van der Waals surface area (Å²) < 4.78 is 2.04. The molecule has 0 amide bonds. The van der Waals surface area contributed by atoms with Crippen molar-refractivity contribution in [2.24, 2.45) is 17.6 Å². The fraction of sp³-hybridized carbons (Fsp3) is 0.692. The van der Waals surface area contributed by atoms with Gasteiger partial charge in [0.2, 0.25) is 0 Å². The molecule has 1 aliphatic rings. The van der Waals surface area contributed by atoms with E-state index in [1.807, 2.05) is 0 Å². The van der Waals surface area contributed by atoms with Crippen LogP contribution in [-0.2, 0) is 6.54 Å². The lowest BCUT2D eigenvalue weighted by molar-refractivity contribution is 0.462. The highest BCUT2D eigenvalue weighted by Gasteiger charge is 2.30. The molecular formula is C13H21BrN4O. The maximum Gasteiger partial charge on any atom is 0.283 e. The van der Waals surface area contributed by atoms with Gasteiger partial charge in [0.15, 0.2) is 0 Å². The Morgan fingerprint density at radius 3 is 2.79 bits per heavy atom. The van der Waals surface area contributed by atoms with Gasteiger partial charge in [0.1, 0.15) is 4.47 Å². The summed E-state index contributed by atoms with van der Waals surface area (Å²) in [4.78, 5) is 12.2. The number of aromatic nitrogens is 2. The van der Waals surface area contributed by atoms with E-state index in [1.165, 1.54) is 17.5 Å². The van der Waals surface area contributed by atoms with Crippen molar-refractivity contribution in [2.45, 2.75) is 39.3 Å². The Labute approximate surface area is 121 Å². The van der Waals surface area contributed by atoms with Gasteiger partial charge in [-0.05, 0) is 40.6 Å². The minimum absolute atomic E-state index is 0.0923. The van der Waals surface area contributed by atoms with Crippen LogP contribution in [0.5, 0.6) is 0 Å². The van der Waals surface area contributed by atoms with E-state index in [-0.39, 0.29) is 11.6 Å². The first-order valence-electron chi connectivity index (χ1n) is 6.75. The molecule has 5 nitrogen and oxygen atoms in total. The summed E-state index contributed by atoms with van der Waals surface area (Å²) >= 11 is 3.37. The van der Waals surface area contributed by atoms with E-state index in [0.717, 1.165) is 5.69 Å². The van der Waals surface area contributed by atoms with E-state index >= 15 is 0 Å². The number of anilines is 1. The number of nitrogens with two attached hydrogens (primary N) is 1. The lowest BCUT2D eigenvalue weighted by atomic mass is 10.2. The summed E-state index contributed by atoms with van der Waals surface area (Å²) in [6.45, 7) is 5.32. The van der Waals surface area contributed by atoms with Crippen LogP contribution >= 0.6 is 15.9 Å². The third-order valence-electron chi connectivity index (χ3n) is 3.31. The normalized spacial score (nSPS) is 16.7. The van der Waals surface area contributed by atoms with Gasteiger partial charge >= 0.3 is 0 Å². The fourth-order valence-corrected chi connectivity index (χ4v) is 2.53. The Kier molecular flexibility index (Phi) is 4.62. The van der Waals surface area contributed by atoms with Gasteiger partial charge in [0.05, 0.1) is 11.9 Å². The van der Waals surface area contributed by atoms with Crippen LogP contribution in [0.15, 0.2) is 15.5 Å². The number of nitrogens with one attached hydrogen (secondary N) is 1. The topological polar surface area (TPSA) is 72.9 Å². The molecule has 19 heavy (non-hydrogen) atoms. The smallest absolute Gasteiger partial charge is 0.283 e. The minimum Gasteiger partial charge on any atom is -0.378 e. The molecule has 1 heterocycles. The lowest BCUT2D eigenvalue weighted by Gasteiger charge is -2.18. The van der Waals surface area contributed by atoms with Gasteiger partial charge in [0, 0.05) is 19.1 Å². The van der Waals surface area contributed by atoms with Gasteiger partial charge in [-0.25, -0.2) is 4.68 Å². The molecule has 0 bridgehead atoms. The van der Waals surface area contributed by atoms with Crippen LogP contribution in [0.1, 0.15) is 26.7 Å². The monoisotopic (exact) mass is 328 g/mol. The fourth-order valence-electron chi connectivity index (χ4n) is 2.11. The van der Waals surface area contributed by atoms with Crippen molar-refractivity contribution >= 4 is 21.6 Å². The molecule has 106 valence electrons. The zero-order valence-electron chi connectivity index (χ0n) is 11.4. The average molecular weight is 329 g/mol. The van der Waals surface area contributed by atoms with Crippen molar-refractivity contribution < 1.29 is 0 Å². The number of halogens is 1. The third kappa shape index (κ3) is 3.57. The molecule has 1 aliphatic carbocycles. The summed E-state index contributed by atoms with van der Waals surface area (Å²) in [5, 5.41) is 7.55. The first-order valence-corrected chi connectivity index (χ1v) is 7.54. The molecule has 0 saturated heterocycles. The number of hydrogen-bond acceptors (Lipinski definition) is 4. The van der Waals surface area contributed by atoms with Gasteiger partial charge in [-0.15, -0.1) is 0 Å². The van der Waals surface area contributed by atoms with Crippen LogP contribution in [0.25, 0.3) is 0 Å². The molecule has 1 atom stereocenters. The van der Waals surface area contributed by atoms with E-state index < -0.39 is 0 Å². The van der Waals surface area contributed by atoms with Gasteiger partial charge in [-0.1, -0.05) is 13.8 Å². The molecule has 6 heteroatoms. The van der Waals surface area contributed by atoms with Gasteiger partial charge in [-0.2, -0.15) is 5.10 Å². The second-order valence-electron chi connectivity index (χ2n) is 5.58. The Morgan fingerprint density at radius 2 is 2.26 bits per heavy atom. The van der Waals surface area contributed by atoms with E-state index in [9.17, 15) is 4.79 Å². The maximum absolute atomic E-state index is 12.2. The molecule has 0 aliphatic heterocycles. The molecule has 2 rings (SSSR count). The molecule has 1 saturated carbocycles. The second-order valence-corrected chi connectivity index (χ2v) is 6.37. The highest BCUT2D eigenvalue weighted by atomic mass is 79.9. The van der Waals surface area contributed by atoms with Crippen LogP contribution in [0.4, 0.5) is 5.69 Å². The predicted molar refractivity (Wildman–Crippen MR) is 80.2 cm³/mol. The Balaban J connectivity index is 2.18. The zero-order chi connectivity index (χ0) is 14.0.